The lowest BCUT2D eigenvalue weighted by Gasteiger charge is -2.34. The highest BCUT2D eigenvalue weighted by Gasteiger charge is 2.25. The van der Waals surface area contributed by atoms with Gasteiger partial charge in [-0.3, -0.25) is 4.90 Å². The Balaban J connectivity index is 0.00000363. The first-order chi connectivity index (χ1) is 15.0. The van der Waals surface area contributed by atoms with Gasteiger partial charge in [0.05, 0.1) is 44.3 Å². The van der Waals surface area contributed by atoms with Crippen molar-refractivity contribution >= 4 is 35.6 Å². The van der Waals surface area contributed by atoms with Crippen molar-refractivity contribution in [2.24, 2.45) is 4.99 Å². The Labute approximate surface area is 207 Å². The molecule has 1 atom stereocenters. The molecule has 0 saturated carbocycles. The van der Waals surface area contributed by atoms with E-state index < -0.39 is 5.60 Å². The molecule has 0 aliphatic carbocycles. The second kappa shape index (κ2) is 13.5. The van der Waals surface area contributed by atoms with Crippen LogP contribution in [0.25, 0.3) is 0 Å². The van der Waals surface area contributed by atoms with Crippen molar-refractivity contribution in [3.05, 3.63) is 29.6 Å². The lowest BCUT2D eigenvalue weighted by molar-refractivity contribution is -0.0201. The zero-order chi connectivity index (χ0) is 22.1. The zero-order valence-corrected chi connectivity index (χ0v) is 21.4. The van der Waals surface area contributed by atoms with Gasteiger partial charge in [0.15, 0.2) is 5.96 Å². The predicted octanol–water partition coefficient (Wildman–Crippen LogP) is 1.42. The lowest BCUT2D eigenvalue weighted by atomic mass is 10.1. The minimum absolute atomic E-state index is 0. The fourth-order valence-corrected chi connectivity index (χ4v) is 3.79. The van der Waals surface area contributed by atoms with Crippen molar-refractivity contribution in [2.45, 2.75) is 26.0 Å². The van der Waals surface area contributed by atoms with E-state index in [2.05, 4.69) is 20.5 Å². The molecule has 32 heavy (non-hydrogen) atoms. The number of hydrogen-bond donors (Lipinski definition) is 3. The highest BCUT2D eigenvalue weighted by molar-refractivity contribution is 14.0. The molecular formula is C22H37FIN5O3. The van der Waals surface area contributed by atoms with E-state index in [0.29, 0.717) is 77.3 Å². The summed E-state index contributed by atoms with van der Waals surface area (Å²) in [5.74, 6) is 0.364. The molecule has 2 fully saturated rings. The molecule has 0 amide bonds. The number of benzene rings is 1. The smallest absolute Gasteiger partial charge is 0.191 e. The maximum atomic E-state index is 14.6. The van der Waals surface area contributed by atoms with E-state index in [4.69, 9.17) is 9.47 Å². The van der Waals surface area contributed by atoms with E-state index in [-0.39, 0.29) is 29.8 Å². The average Bonchev–Trinajstić information content (AvgIpc) is 2.77. The molecule has 1 aromatic carbocycles. The zero-order valence-electron chi connectivity index (χ0n) is 19.1. The molecule has 0 radical (unpaired) electrons. The third kappa shape index (κ3) is 8.62. The van der Waals surface area contributed by atoms with Gasteiger partial charge in [0, 0.05) is 45.8 Å². The van der Waals surface area contributed by atoms with Crippen LogP contribution in [0, 0.1) is 5.82 Å². The molecule has 2 saturated heterocycles. The van der Waals surface area contributed by atoms with Crippen LogP contribution in [0.3, 0.4) is 0 Å². The molecule has 2 aliphatic rings. The quantitative estimate of drug-likeness (QED) is 0.250. The number of halogens is 2. The van der Waals surface area contributed by atoms with Gasteiger partial charge in [0.25, 0.3) is 0 Å². The molecule has 0 bridgehead atoms. The summed E-state index contributed by atoms with van der Waals surface area (Å²) in [6.45, 7) is 11.5. The summed E-state index contributed by atoms with van der Waals surface area (Å²) in [5.41, 5.74) is 0.506. The molecular weight excluding hydrogens is 528 g/mol. The number of aliphatic imine (C=N–C) groups is 1. The van der Waals surface area contributed by atoms with Crippen LogP contribution in [0.5, 0.6) is 0 Å². The predicted molar refractivity (Wildman–Crippen MR) is 136 cm³/mol. The van der Waals surface area contributed by atoms with Crippen LogP contribution >= 0.6 is 24.0 Å². The van der Waals surface area contributed by atoms with Crippen molar-refractivity contribution in [3.8, 4) is 0 Å². The number of hydrogen-bond acceptors (Lipinski definition) is 6. The van der Waals surface area contributed by atoms with Crippen molar-refractivity contribution < 1.29 is 19.0 Å². The number of β-amino-alcohol motifs (C(OH)–C–C–N with tert-alkyl or cyclic N) is 1. The topological polar surface area (TPSA) is 81.6 Å². The van der Waals surface area contributed by atoms with Gasteiger partial charge < -0.3 is 30.1 Å². The maximum Gasteiger partial charge on any atom is 0.191 e. The van der Waals surface area contributed by atoms with E-state index in [1.54, 1.807) is 6.07 Å². The molecule has 2 heterocycles. The van der Waals surface area contributed by atoms with Crippen LogP contribution in [-0.2, 0) is 16.0 Å². The summed E-state index contributed by atoms with van der Waals surface area (Å²) >= 11 is 0. The van der Waals surface area contributed by atoms with Gasteiger partial charge in [-0.05, 0) is 31.5 Å². The van der Waals surface area contributed by atoms with Crippen molar-refractivity contribution in [1.29, 1.82) is 0 Å². The van der Waals surface area contributed by atoms with E-state index in [1.807, 2.05) is 30.9 Å². The number of morpholine rings is 2. The van der Waals surface area contributed by atoms with Crippen molar-refractivity contribution in [2.75, 3.05) is 77.1 Å². The molecule has 0 aromatic heterocycles. The summed E-state index contributed by atoms with van der Waals surface area (Å²) in [6.07, 6.45) is 0. The first kappa shape index (κ1) is 27.0. The lowest BCUT2D eigenvalue weighted by Crippen LogP contribution is -2.52. The number of nitrogens with zero attached hydrogens (tertiary/aromatic N) is 3. The molecule has 0 spiro atoms. The SMILES string of the molecule is CCNC(=NCc1ccc(N2CCOCC2)c(F)c1)NCC(C)(O)CN1CCOCC1.I. The summed E-state index contributed by atoms with van der Waals surface area (Å²) in [7, 11) is 0. The molecule has 1 unspecified atom stereocenters. The Morgan fingerprint density at radius 3 is 2.41 bits per heavy atom. The Bertz CT molecular complexity index is 726. The fourth-order valence-electron chi connectivity index (χ4n) is 3.79. The minimum atomic E-state index is -0.903. The molecule has 2 aliphatic heterocycles. The average molecular weight is 565 g/mol. The van der Waals surface area contributed by atoms with E-state index in [0.717, 1.165) is 18.7 Å². The van der Waals surface area contributed by atoms with Crippen LogP contribution in [0.1, 0.15) is 19.4 Å². The van der Waals surface area contributed by atoms with Gasteiger partial charge in [0.1, 0.15) is 5.82 Å². The largest absolute Gasteiger partial charge is 0.387 e. The number of anilines is 1. The maximum absolute atomic E-state index is 14.6. The Hall–Kier alpha value is -1.21. The van der Waals surface area contributed by atoms with E-state index in [9.17, 15) is 9.50 Å². The normalized spacial score (nSPS) is 19.8. The van der Waals surface area contributed by atoms with Gasteiger partial charge in [0.2, 0.25) is 0 Å². The van der Waals surface area contributed by atoms with Gasteiger partial charge in [-0.15, -0.1) is 24.0 Å². The third-order valence-electron chi connectivity index (χ3n) is 5.43. The van der Waals surface area contributed by atoms with Crippen LogP contribution in [0.4, 0.5) is 10.1 Å². The van der Waals surface area contributed by atoms with Gasteiger partial charge in [-0.25, -0.2) is 9.38 Å². The second-order valence-electron chi connectivity index (χ2n) is 8.32. The van der Waals surface area contributed by atoms with Crippen molar-refractivity contribution in [1.82, 2.24) is 15.5 Å². The highest BCUT2D eigenvalue weighted by atomic mass is 127. The Morgan fingerprint density at radius 1 is 1.12 bits per heavy atom. The number of ether oxygens (including phenoxy) is 2. The van der Waals surface area contributed by atoms with Crippen LogP contribution < -0.4 is 15.5 Å². The third-order valence-corrected chi connectivity index (χ3v) is 5.43. The summed E-state index contributed by atoms with van der Waals surface area (Å²) < 4.78 is 25.3. The minimum Gasteiger partial charge on any atom is -0.387 e. The summed E-state index contributed by atoms with van der Waals surface area (Å²) in [4.78, 5) is 8.78. The van der Waals surface area contributed by atoms with Gasteiger partial charge in [-0.1, -0.05) is 6.07 Å². The molecule has 182 valence electrons. The Kier molecular flexibility index (Phi) is 11.4. The van der Waals surface area contributed by atoms with E-state index in [1.165, 1.54) is 0 Å². The molecule has 3 N–H and O–H groups in total. The van der Waals surface area contributed by atoms with Crippen LogP contribution in [0.2, 0.25) is 0 Å². The highest BCUT2D eigenvalue weighted by Crippen LogP contribution is 2.22. The molecule has 8 nitrogen and oxygen atoms in total. The number of guanidine groups is 1. The van der Waals surface area contributed by atoms with Crippen LogP contribution in [-0.4, -0.2) is 93.8 Å². The summed E-state index contributed by atoms with van der Waals surface area (Å²) in [5, 5.41) is 17.2. The number of nitrogens with one attached hydrogen (secondary N) is 2. The number of aliphatic hydroxyl groups is 1. The van der Waals surface area contributed by atoms with Crippen molar-refractivity contribution in [3.63, 3.8) is 0 Å². The summed E-state index contributed by atoms with van der Waals surface area (Å²) in [6, 6.07) is 5.28. The molecule has 1 aromatic rings. The van der Waals surface area contributed by atoms with E-state index >= 15 is 0 Å². The Morgan fingerprint density at radius 2 is 1.78 bits per heavy atom. The monoisotopic (exact) mass is 565 g/mol. The second-order valence-corrected chi connectivity index (χ2v) is 8.32. The first-order valence-corrected chi connectivity index (χ1v) is 11.1. The standard InChI is InChI=1S/C22H36FN5O3.HI/c1-3-24-21(26-16-22(2,29)17-27-6-10-30-11-7-27)25-15-18-4-5-20(19(23)14-18)28-8-12-31-13-9-28;/h4-5,14,29H,3,6-13,15-17H2,1-2H3,(H2,24,25,26);1H. The number of rotatable bonds is 8. The molecule has 10 heteroatoms. The van der Waals surface area contributed by atoms with Gasteiger partial charge >= 0.3 is 0 Å². The van der Waals surface area contributed by atoms with Crippen LogP contribution in [0.15, 0.2) is 23.2 Å². The first-order valence-electron chi connectivity index (χ1n) is 11.1. The van der Waals surface area contributed by atoms with Gasteiger partial charge in [-0.2, -0.15) is 0 Å². The fraction of sp³-hybridized carbons (Fsp3) is 0.682. The molecule has 3 rings (SSSR count).